The number of H-pyrrole nitrogens is 1. The Balaban J connectivity index is 1.85. The normalized spacial score (nSPS) is 11.2. The van der Waals surface area contributed by atoms with Crippen molar-refractivity contribution in [3.63, 3.8) is 0 Å². The average molecular weight is 306 g/mol. The predicted octanol–water partition coefficient (Wildman–Crippen LogP) is 4.09. The highest BCUT2D eigenvalue weighted by Gasteiger charge is 2.11. The van der Waals surface area contributed by atoms with Crippen molar-refractivity contribution in [1.82, 2.24) is 19.6 Å². The lowest BCUT2D eigenvalue weighted by Gasteiger charge is -2.06. The second kappa shape index (κ2) is 5.35. The molecule has 0 bridgehead atoms. The van der Waals surface area contributed by atoms with Gasteiger partial charge < -0.3 is 4.40 Å². The van der Waals surface area contributed by atoms with Crippen LogP contribution in [0.5, 0.6) is 0 Å². The number of imidazole rings is 1. The van der Waals surface area contributed by atoms with E-state index in [9.17, 15) is 4.39 Å². The van der Waals surface area contributed by atoms with E-state index >= 15 is 0 Å². The molecule has 4 nitrogen and oxygen atoms in total. The van der Waals surface area contributed by atoms with Gasteiger partial charge in [-0.05, 0) is 42.8 Å². The van der Waals surface area contributed by atoms with Crippen LogP contribution in [0.25, 0.3) is 28.0 Å². The highest BCUT2D eigenvalue weighted by molar-refractivity contribution is 5.80. The molecule has 0 aliphatic carbocycles. The number of hydrogen-bond acceptors (Lipinski definition) is 2. The van der Waals surface area contributed by atoms with Gasteiger partial charge in [0.2, 0.25) is 0 Å². The van der Waals surface area contributed by atoms with Crippen LogP contribution in [0.4, 0.5) is 4.39 Å². The molecule has 0 fully saturated rings. The van der Waals surface area contributed by atoms with Crippen molar-refractivity contribution < 1.29 is 4.39 Å². The molecule has 4 rings (SSSR count). The number of benzene rings is 1. The van der Waals surface area contributed by atoms with Crippen LogP contribution >= 0.6 is 0 Å². The number of halogens is 1. The van der Waals surface area contributed by atoms with E-state index in [1.54, 1.807) is 18.3 Å². The molecule has 0 aliphatic rings. The van der Waals surface area contributed by atoms with E-state index in [-0.39, 0.29) is 5.82 Å². The summed E-state index contributed by atoms with van der Waals surface area (Å²) in [4.78, 5) is 4.40. The minimum Gasteiger partial charge on any atom is -0.303 e. The zero-order chi connectivity index (χ0) is 15.8. The van der Waals surface area contributed by atoms with E-state index in [2.05, 4.69) is 32.7 Å². The van der Waals surface area contributed by atoms with Gasteiger partial charge in [0.15, 0.2) is 0 Å². The van der Waals surface area contributed by atoms with Crippen LogP contribution in [0, 0.1) is 5.82 Å². The Morgan fingerprint density at radius 1 is 1.04 bits per heavy atom. The summed E-state index contributed by atoms with van der Waals surface area (Å²) >= 11 is 0. The van der Waals surface area contributed by atoms with Crippen LogP contribution in [-0.2, 0) is 6.42 Å². The Morgan fingerprint density at radius 2 is 1.83 bits per heavy atom. The molecule has 3 heterocycles. The fraction of sp³-hybridized carbons (Fsp3) is 0.111. The van der Waals surface area contributed by atoms with Gasteiger partial charge in [-0.25, -0.2) is 9.37 Å². The number of aromatic amines is 1. The van der Waals surface area contributed by atoms with Crippen molar-refractivity contribution in [1.29, 1.82) is 0 Å². The van der Waals surface area contributed by atoms with Crippen LogP contribution in [0.3, 0.4) is 0 Å². The van der Waals surface area contributed by atoms with Crippen molar-refractivity contribution in [3.05, 3.63) is 66.5 Å². The number of aryl methyl sites for hydroxylation is 1. The van der Waals surface area contributed by atoms with Crippen LogP contribution in [0.15, 0.2) is 55.0 Å². The molecule has 1 N–H and O–H groups in total. The van der Waals surface area contributed by atoms with Crippen LogP contribution in [-0.4, -0.2) is 19.6 Å². The molecule has 0 radical (unpaired) electrons. The number of nitrogens with zero attached hydrogens (tertiary/aromatic N) is 3. The molecule has 0 atom stereocenters. The summed E-state index contributed by atoms with van der Waals surface area (Å²) in [6.07, 6.45) is 6.68. The molecule has 0 amide bonds. The van der Waals surface area contributed by atoms with Crippen molar-refractivity contribution in [2.75, 3.05) is 0 Å². The third kappa shape index (κ3) is 2.30. The van der Waals surface area contributed by atoms with Gasteiger partial charge in [-0.15, -0.1) is 0 Å². The maximum absolute atomic E-state index is 13.1. The summed E-state index contributed by atoms with van der Waals surface area (Å²) in [5, 5.41) is 7.18. The third-order valence-corrected chi connectivity index (χ3v) is 4.03. The fourth-order valence-electron chi connectivity index (χ4n) is 2.79. The highest BCUT2D eigenvalue weighted by atomic mass is 19.1. The molecule has 0 saturated heterocycles. The van der Waals surface area contributed by atoms with Gasteiger partial charge in [-0.2, -0.15) is 5.10 Å². The van der Waals surface area contributed by atoms with Crippen molar-refractivity contribution >= 4 is 5.65 Å². The maximum Gasteiger partial charge on any atom is 0.136 e. The molecule has 114 valence electrons. The SMILES string of the molecule is CCc1cnc2ccc(-c3cn[nH]c3-c3ccc(F)cc3)cn12. The monoisotopic (exact) mass is 306 g/mol. The number of hydrogen-bond donors (Lipinski definition) is 1. The smallest absolute Gasteiger partial charge is 0.136 e. The topological polar surface area (TPSA) is 46.0 Å². The van der Waals surface area contributed by atoms with Gasteiger partial charge in [0.1, 0.15) is 11.5 Å². The van der Waals surface area contributed by atoms with E-state index in [4.69, 9.17) is 0 Å². The molecule has 23 heavy (non-hydrogen) atoms. The Hall–Kier alpha value is -2.95. The molecular formula is C18H15FN4. The first kappa shape index (κ1) is 13.7. The minimum atomic E-state index is -0.248. The average Bonchev–Trinajstić information content (AvgIpc) is 3.21. The van der Waals surface area contributed by atoms with Crippen molar-refractivity contribution in [3.8, 4) is 22.4 Å². The van der Waals surface area contributed by atoms with E-state index < -0.39 is 0 Å². The number of aromatic nitrogens is 4. The molecule has 5 heteroatoms. The summed E-state index contributed by atoms with van der Waals surface area (Å²) < 4.78 is 15.2. The minimum absolute atomic E-state index is 0.248. The van der Waals surface area contributed by atoms with Crippen LogP contribution < -0.4 is 0 Å². The quantitative estimate of drug-likeness (QED) is 0.619. The number of pyridine rings is 1. The summed E-state index contributed by atoms with van der Waals surface area (Å²) in [6, 6.07) is 10.4. The van der Waals surface area contributed by atoms with Crippen molar-refractivity contribution in [2.45, 2.75) is 13.3 Å². The standard InChI is InChI=1S/C18H15FN4/c1-2-15-9-20-17-8-5-13(11-23(15)17)16-10-21-22-18(16)12-3-6-14(19)7-4-12/h3-11H,2H2,1H3,(H,21,22). The number of rotatable bonds is 3. The van der Waals surface area contributed by atoms with E-state index in [0.717, 1.165) is 40.1 Å². The Kier molecular flexibility index (Phi) is 3.19. The maximum atomic E-state index is 13.1. The molecule has 4 aromatic rings. The lowest BCUT2D eigenvalue weighted by Crippen LogP contribution is -1.92. The first-order valence-corrected chi connectivity index (χ1v) is 7.52. The molecule has 1 aromatic carbocycles. The first-order chi connectivity index (χ1) is 11.3. The molecule has 0 unspecified atom stereocenters. The summed E-state index contributed by atoms with van der Waals surface area (Å²) in [6.45, 7) is 2.11. The second-order valence-electron chi connectivity index (χ2n) is 5.41. The molecular weight excluding hydrogens is 291 g/mol. The second-order valence-corrected chi connectivity index (χ2v) is 5.41. The molecule has 0 saturated carbocycles. The van der Waals surface area contributed by atoms with Crippen molar-refractivity contribution in [2.24, 2.45) is 0 Å². The third-order valence-electron chi connectivity index (χ3n) is 4.03. The first-order valence-electron chi connectivity index (χ1n) is 7.52. The van der Waals surface area contributed by atoms with Crippen LogP contribution in [0.1, 0.15) is 12.6 Å². The molecule has 0 spiro atoms. The molecule has 3 aromatic heterocycles. The Morgan fingerprint density at radius 3 is 2.61 bits per heavy atom. The summed E-state index contributed by atoms with van der Waals surface area (Å²) in [5.41, 5.74) is 5.89. The molecule has 0 aliphatic heterocycles. The zero-order valence-corrected chi connectivity index (χ0v) is 12.6. The Bertz CT molecular complexity index is 966. The summed E-state index contributed by atoms with van der Waals surface area (Å²) in [7, 11) is 0. The van der Waals surface area contributed by atoms with E-state index in [0.29, 0.717) is 0 Å². The number of fused-ring (bicyclic) bond motifs is 1. The number of nitrogens with one attached hydrogen (secondary N) is 1. The zero-order valence-electron chi connectivity index (χ0n) is 12.6. The predicted molar refractivity (Wildman–Crippen MR) is 87.5 cm³/mol. The van der Waals surface area contributed by atoms with Gasteiger partial charge in [-0.3, -0.25) is 5.10 Å². The van der Waals surface area contributed by atoms with Crippen LogP contribution in [0.2, 0.25) is 0 Å². The van der Waals surface area contributed by atoms with Gasteiger partial charge in [0, 0.05) is 34.8 Å². The fourth-order valence-corrected chi connectivity index (χ4v) is 2.79. The van der Waals surface area contributed by atoms with E-state index in [1.165, 1.54) is 12.1 Å². The van der Waals surface area contributed by atoms with Gasteiger partial charge in [-0.1, -0.05) is 6.92 Å². The lowest BCUT2D eigenvalue weighted by molar-refractivity contribution is 0.628. The summed E-state index contributed by atoms with van der Waals surface area (Å²) in [5.74, 6) is -0.248. The van der Waals surface area contributed by atoms with E-state index in [1.807, 2.05) is 18.3 Å². The lowest BCUT2D eigenvalue weighted by atomic mass is 10.0. The largest absolute Gasteiger partial charge is 0.303 e. The highest BCUT2D eigenvalue weighted by Crippen LogP contribution is 2.30. The Labute approximate surface area is 132 Å². The van der Waals surface area contributed by atoms with Gasteiger partial charge in [0.05, 0.1) is 11.9 Å². The van der Waals surface area contributed by atoms with Gasteiger partial charge in [0.25, 0.3) is 0 Å². The van der Waals surface area contributed by atoms with Gasteiger partial charge >= 0.3 is 0 Å².